The number of hydrogen-bond donors (Lipinski definition) is 4. The third-order valence-corrected chi connectivity index (χ3v) is 5.89. The Morgan fingerprint density at radius 2 is 2.09 bits per heavy atom. The lowest BCUT2D eigenvalue weighted by atomic mass is 10.1. The quantitative estimate of drug-likeness (QED) is 0.469. The third kappa shape index (κ3) is 6.25. The van der Waals surface area contributed by atoms with Gasteiger partial charge in [0.05, 0.1) is 25.1 Å². The number of morpholine rings is 1. The number of amides is 2. The second kappa shape index (κ2) is 11.2. The first-order valence-corrected chi connectivity index (χ1v) is 11.4. The van der Waals surface area contributed by atoms with Gasteiger partial charge in [0.2, 0.25) is 0 Å². The molecule has 5 N–H and O–H groups in total. The van der Waals surface area contributed by atoms with Gasteiger partial charge in [0.1, 0.15) is 0 Å². The maximum atomic E-state index is 12.7. The van der Waals surface area contributed by atoms with E-state index in [1.807, 2.05) is 6.07 Å². The summed E-state index contributed by atoms with van der Waals surface area (Å²) in [5.74, 6) is -0.416. The molecule has 10 heteroatoms. The first-order chi connectivity index (χ1) is 16.1. The average Bonchev–Trinajstić information content (AvgIpc) is 2.85. The van der Waals surface area contributed by atoms with E-state index >= 15 is 0 Å². The van der Waals surface area contributed by atoms with E-state index < -0.39 is 0 Å². The lowest BCUT2D eigenvalue weighted by Crippen LogP contribution is -2.46. The number of hydrogen-bond acceptors (Lipinski definition) is 8. The normalized spacial score (nSPS) is 19.1. The van der Waals surface area contributed by atoms with Crippen molar-refractivity contribution in [2.75, 3.05) is 58.2 Å². The number of nitrogens with zero attached hydrogens (tertiary/aromatic N) is 3. The van der Waals surface area contributed by atoms with E-state index in [9.17, 15) is 9.59 Å². The minimum absolute atomic E-state index is 0.0422. The Morgan fingerprint density at radius 3 is 2.88 bits per heavy atom. The number of nitrogens with one attached hydrogen (secondary N) is 3. The summed E-state index contributed by atoms with van der Waals surface area (Å²) in [6.45, 7) is 6.26. The van der Waals surface area contributed by atoms with Crippen molar-refractivity contribution >= 4 is 17.6 Å². The van der Waals surface area contributed by atoms with Crippen LogP contribution in [0.3, 0.4) is 0 Å². The minimum Gasteiger partial charge on any atom is -0.382 e. The summed E-state index contributed by atoms with van der Waals surface area (Å²) in [6, 6.07) is 7.16. The molecule has 0 saturated carbocycles. The van der Waals surface area contributed by atoms with Crippen LogP contribution in [0.4, 0.5) is 5.82 Å². The molecule has 1 aromatic carbocycles. The Hall–Kier alpha value is -3.08. The Morgan fingerprint density at radius 1 is 1.24 bits per heavy atom. The molecule has 2 aromatic rings. The number of carbonyl (C=O) groups is 2. The van der Waals surface area contributed by atoms with E-state index in [-0.39, 0.29) is 29.4 Å². The van der Waals surface area contributed by atoms with Gasteiger partial charge in [-0.1, -0.05) is 12.1 Å². The number of aromatic nitrogens is 2. The number of carbonyl (C=O) groups excluding carboxylic acids is 2. The van der Waals surface area contributed by atoms with Crippen LogP contribution in [0.25, 0.3) is 11.3 Å². The molecule has 2 saturated heterocycles. The molecule has 0 spiro atoms. The second-order valence-corrected chi connectivity index (χ2v) is 8.30. The van der Waals surface area contributed by atoms with Gasteiger partial charge in [-0.15, -0.1) is 0 Å². The van der Waals surface area contributed by atoms with Crippen molar-refractivity contribution in [2.24, 2.45) is 0 Å². The van der Waals surface area contributed by atoms with Crippen LogP contribution in [0.5, 0.6) is 0 Å². The van der Waals surface area contributed by atoms with Crippen molar-refractivity contribution in [1.29, 1.82) is 0 Å². The lowest BCUT2D eigenvalue weighted by Gasteiger charge is -2.26. The molecule has 0 radical (unpaired) electrons. The summed E-state index contributed by atoms with van der Waals surface area (Å²) < 4.78 is 5.34. The molecule has 33 heavy (non-hydrogen) atoms. The third-order valence-electron chi connectivity index (χ3n) is 5.89. The van der Waals surface area contributed by atoms with Crippen LogP contribution in [0, 0.1) is 0 Å². The van der Waals surface area contributed by atoms with Crippen LogP contribution in [-0.4, -0.2) is 85.2 Å². The number of nitrogen functional groups attached to an aromatic ring is 1. The Bertz CT molecular complexity index is 972. The minimum atomic E-state index is -0.340. The largest absolute Gasteiger partial charge is 0.382 e. The molecule has 2 amide bonds. The van der Waals surface area contributed by atoms with E-state index in [0.29, 0.717) is 23.4 Å². The molecule has 10 nitrogen and oxygen atoms in total. The van der Waals surface area contributed by atoms with E-state index in [0.717, 1.165) is 58.8 Å². The Balaban J connectivity index is 1.41. The highest BCUT2D eigenvalue weighted by Gasteiger charge is 2.20. The summed E-state index contributed by atoms with van der Waals surface area (Å²) in [5, 5.41) is 9.20. The molecule has 0 unspecified atom stereocenters. The van der Waals surface area contributed by atoms with Gasteiger partial charge >= 0.3 is 0 Å². The summed E-state index contributed by atoms with van der Waals surface area (Å²) in [6.07, 6.45) is 3.44. The predicted octanol–water partition coefficient (Wildman–Crippen LogP) is 0.270. The van der Waals surface area contributed by atoms with Crippen LogP contribution in [0.1, 0.15) is 33.7 Å². The number of benzene rings is 1. The van der Waals surface area contributed by atoms with Crippen LogP contribution in [0.15, 0.2) is 30.5 Å². The maximum Gasteiger partial charge on any atom is 0.274 e. The molecule has 2 fully saturated rings. The van der Waals surface area contributed by atoms with Crippen molar-refractivity contribution in [1.82, 2.24) is 30.8 Å². The van der Waals surface area contributed by atoms with Crippen LogP contribution >= 0.6 is 0 Å². The maximum absolute atomic E-state index is 12.7. The molecule has 3 heterocycles. The fraction of sp³-hybridized carbons (Fsp3) is 0.478. The fourth-order valence-corrected chi connectivity index (χ4v) is 4.01. The Kier molecular flexibility index (Phi) is 7.82. The number of rotatable bonds is 7. The highest BCUT2D eigenvalue weighted by atomic mass is 16.5. The zero-order valence-corrected chi connectivity index (χ0v) is 18.7. The number of anilines is 1. The number of ether oxygens (including phenoxy) is 1. The molecular weight excluding hydrogens is 422 g/mol. The van der Waals surface area contributed by atoms with E-state index in [2.05, 4.69) is 30.8 Å². The zero-order chi connectivity index (χ0) is 23.0. The van der Waals surface area contributed by atoms with Crippen molar-refractivity contribution in [3.05, 3.63) is 41.7 Å². The monoisotopic (exact) mass is 453 g/mol. The highest BCUT2D eigenvalue weighted by Crippen LogP contribution is 2.20. The van der Waals surface area contributed by atoms with Gasteiger partial charge in [0, 0.05) is 49.9 Å². The van der Waals surface area contributed by atoms with Gasteiger partial charge in [-0.25, -0.2) is 9.97 Å². The highest BCUT2D eigenvalue weighted by molar-refractivity contribution is 5.97. The molecular formula is C23H31N7O3. The molecule has 176 valence electrons. The van der Waals surface area contributed by atoms with Crippen molar-refractivity contribution in [3.63, 3.8) is 0 Å². The summed E-state index contributed by atoms with van der Waals surface area (Å²) in [5.41, 5.74) is 7.74. The second-order valence-electron chi connectivity index (χ2n) is 8.30. The first kappa shape index (κ1) is 23.1. The smallest absolute Gasteiger partial charge is 0.274 e. The predicted molar refractivity (Wildman–Crippen MR) is 125 cm³/mol. The summed E-state index contributed by atoms with van der Waals surface area (Å²) in [7, 11) is 0. The summed E-state index contributed by atoms with van der Waals surface area (Å²) >= 11 is 0. The van der Waals surface area contributed by atoms with Gasteiger partial charge < -0.3 is 26.4 Å². The fourth-order valence-electron chi connectivity index (χ4n) is 4.01. The first-order valence-electron chi connectivity index (χ1n) is 11.4. The Labute approximate surface area is 193 Å². The molecule has 0 bridgehead atoms. The van der Waals surface area contributed by atoms with Gasteiger partial charge in [0.25, 0.3) is 11.8 Å². The molecule has 2 aliphatic rings. The van der Waals surface area contributed by atoms with E-state index in [1.165, 1.54) is 6.20 Å². The summed E-state index contributed by atoms with van der Waals surface area (Å²) in [4.78, 5) is 36.3. The standard InChI is InChI=1S/C23H31N7O3/c24-21-20(23(32)28-18-5-2-6-25-14-18)29-19(15-27-21)16-3-1-4-17(13-16)22(31)26-7-8-30-9-11-33-12-10-30/h1,3-4,13,15,18,25H,2,5-12,14H2,(H2,24,27)(H,26,31)(H,28,32)/t18-/m0/s1. The number of nitrogens with two attached hydrogens (primary N) is 1. The van der Waals surface area contributed by atoms with E-state index in [1.54, 1.807) is 18.2 Å². The van der Waals surface area contributed by atoms with Crippen molar-refractivity contribution in [2.45, 2.75) is 18.9 Å². The number of piperidine rings is 1. The van der Waals surface area contributed by atoms with Gasteiger partial charge in [-0.05, 0) is 31.5 Å². The van der Waals surface area contributed by atoms with Crippen LogP contribution in [-0.2, 0) is 4.74 Å². The average molecular weight is 454 g/mol. The van der Waals surface area contributed by atoms with Gasteiger partial charge in [-0.3, -0.25) is 14.5 Å². The molecule has 2 aliphatic heterocycles. The lowest BCUT2D eigenvalue weighted by molar-refractivity contribution is 0.0383. The van der Waals surface area contributed by atoms with E-state index in [4.69, 9.17) is 10.5 Å². The van der Waals surface area contributed by atoms with Gasteiger partial charge in [-0.2, -0.15) is 0 Å². The topological polar surface area (TPSA) is 134 Å². The molecule has 0 aliphatic carbocycles. The van der Waals surface area contributed by atoms with Crippen molar-refractivity contribution in [3.8, 4) is 11.3 Å². The molecule has 4 rings (SSSR count). The molecule has 1 aromatic heterocycles. The van der Waals surface area contributed by atoms with Crippen molar-refractivity contribution < 1.29 is 14.3 Å². The van der Waals surface area contributed by atoms with Crippen LogP contribution < -0.4 is 21.7 Å². The molecule has 1 atom stereocenters. The zero-order valence-electron chi connectivity index (χ0n) is 18.7. The van der Waals surface area contributed by atoms with Crippen LogP contribution in [0.2, 0.25) is 0 Å². The van der Waals surface area contributed by atoms with Gasteiger partial charge in [0.15, 0.2) is 11.5 Å². The SMILES string of the molecule is Nc1ncc(-c2cccc(C(=O)NCCN3CCOCC3)c2)nc1C(=O)N[C@H]1CCCNC1.